The highest BCUT2D eigenvalue weighted by molar-refractivity contribution is 4.88. The average Bonchev–Trinajstić information content (AvgIpc) is 2.45. The molecule has 2 rings (SSSR count). The Hall–Kier alpha value is -0.0800. The summed E-state index contributed by atoms with van der Waals surface area (Å²) in [6.45, 7) is 5.98. The molecule has 1 saturated carbocycles. The third-order valence-electron chi connectivity index (χ3n) is 4.29. The predicted octanol–water partition coefficient (Wildman–Crippen LogP) is 2.25. The number of nitrogens with one attached hydrogen (secondary N) is 1. The molecular formula is C13H26N2. The van der Waals surface area contributed by atoms with Crippen LogP contribution in [0, 0.1) is 5.92 Å². The Bertz CT molecular complexity index is 192. The maximum atomic E-state index is 3.87. The molecule has 2 heteroatoms. The molecule has 0 aromatic carbocycles. The van der Waals surface area contributed by atoms with Gasteiger partial charge in [-0.15, -0.1) is 0 Å². The van der Waals surface area contributed by atoms with Crippen LogP contribution in [-0.2, 0) is 0 Å². The molecule has 1 heterocycles. The molecule has 0 aromatic rings. The monoisotopic (exact) mass is 210 g/mol. The van der Waals surface area contributed by atoms with Crippen LogP contribution < -0.4 is 5.32 Å². The van der Waals surface area contributed by atoms with Gasteiger partial charge >= 0.3 is 0 Å². The number of hydrogen-bond acceptors (Lipinski definition) is 2. The zero-order valence-electron chi connectivity index (χ0n) is 10.5. The van der Waals surface area contributed by atoms with Crippen LogP contribution in [0.25, 0.3) is 0 Å². The fraction of sp³-hybridized carbons (Fsp3) is 1.00. The van der Waals surface area contributed by atoms with Gasteiger partial charge < -0.3 is 10.2 Å². The molecule has 1 saturated heterocycles. The van der Waals surface area contributed by atoms with E-state index in [0.29, 0.717) is 0 Å². The van der Waals surface area contributed by atoms with E-state index in [2.05, 4.69) is 31.1 Å². The van der Waals surface area contributed by atoms with Gasteiger partial charge in [-0.05, 0) is 39.2 Å². The van der Waals surface area contributed by atoms with Crippen LogP contribution in [0.3, 0.4) is 0 Å². The van der Waals surface area contributed by atoms with Crippen molar-refractivity contribution in [3.8, 4) is 0 Å². The first-order chi connectivity index (χ1) is 7.15. The molecule has 0 radical (unpaired) electrons. The summed E-state index contributed by atoms with van der Waals surface area (Å²) in [5.74, 6) is 0.938. The van der Waals surface area contributed by atoms with Gasteiger partial charge in [-0.1, -0.05) is 19.8 Å². The molecule has 0 bridgehead atoms. The number of likely N-dealkylation sites (N-methyl/N-ethyl adjacent to an activating group) is 1. The van der Waals surface area contributed by atoms with E-state index in [1.54, 1.807) is 0 Å². The molecule has 4 atom stereocenters. The van der Waals surface area contributed by atoms with Crippen molar-refractivity contribution in [3.05, 3.63) is 0 Å². The molecule has 2 aliphatic rings. The molecule has 0 spiro atoms. The molecule has 1 aliphatic carbocycles. The van der Waals surface area contributed by atoms with Gasteiger partial charge in [0.05, 0.1) is 0 Å². The third-order valence-corrected chi connectivity index (χ3v) is 4.29. The van der Waals surface area contributed by atoms with Gasteiger partial charge in [0.2, 0.25) is 0 Å². The van der Waals surface area contributed by atoms with E-state index in [0.717, 1.165) is 24.0 Å². The highest BCUT2D eigenvalue weighted by Gasteiger charge is 2.28. The Kier molecular flexibility index (Phi) is 3.68. The molecule has 15 heavy (non-hydrogen) atoms. The van der Waals surface area contributed by atoms with Crippen LogP contribution in [0.2, 0.25) is 0 Å². The summed E-state index contributed by atoms with van der Waals surface area (Å²) in [5.41, 5.74) is 0. The van der Waals surface area contributed by atoms with Crippen molar-refractivity contribution in [2.75, 3.05) is 13.6 Å². The second-order valence-corrected chi connectivity index (χ2v) is 5.86. The summed E-state index contributed by atoms with van der Waals surface area (Å²) >= 11 is 0. The lowest BCUT2D eigenvalue weighted by molar-refractivity contribution is 0.276. The van der Waals surface area contributed by atoms with Crippen LogP contribution in [0.4, 0.5) is 0 Å². The number of rotatable bonds is 2. The van der Waals surface area contributed by atoms with Crippen molar-refractivity contribution in [3.63, 3.8) is 0 Å². The van der Waals surface area contributed by atoms with Gasteiger partial charge in [0.25, 0.3) is 0 Å². The highest BCUT2D eigenvalue weighted by atomic mass is 15.2. The van der Waals surface area contributed by atoms with Crippen LogP contribution in [0.5, 0.6) is 0 Å². The van der Waals surface area contributed by atoms with Crippen molar-refractivity contribution in [2.45, 2.75) is 64.1 Å². The Labute approximate surface area is 94.4 Å². The SMILES string of the molecule is CC1CCCC(NC2CC(C)N(C)C2)C1. The topological polar surface area (TPSA) is 15.3 Å². The summed E-state index contributed by atoms with van der Waals surface area (Å²) in [5, 5.41) is 3.87. The lowest BCUT2D eigenvalue weighted by atomic mass is 9.86. The Morgan fingerprint density at radius 3 is 2.47 bits per heavy atom. The fourth-order valence-electron chi connectivity index (χ4n) is 3.23. The lowest BCUT2D eigenvalue weighted by Gasteiger charge is -2.30. The second-order valence-electron chi connectivity index (χ2n) is 5.86. The predicted molar refractivity (Wildman–Crippen MR) is 65.1 cm³/mol. The lowest BCUT2D eigenvalue weighted by Crippen LogP contribution is -2.41. The molecule has 0 amide bonds. The van der Waals surface area contributed by atoms with Crippen LogP contribution >= 0.6 is 0 Å². The Morgan fingerprint density at radius 2 is 1.87 bits per heavy atom. The smallest absolute Gasteiger partial charge is 0.0212 e. The van der Waals surface area contributed by atoms with Gasteiger partial charge in [-0.3, -0.25) is 0 Å². The van der Waals surface area contributed by atoms with Gasteiger partial charge in [0, 0.05) is 24.7 Å². The number of likely N-dealkylation sites (tertiary alicyclic amines) is 1. The van der Waals surface area contributed by atoms with Gasteiger partial charge in [0.1, 0.15) is 0 Å². The van der Waals surface area contributed by atoms with Crippen molar-refractivity contribution >= 4 is 0 Å². The molecule has 1 aliphatic heterocycles. The van der Waals surface area contributed by atoms with E-state index in [1.165, 1.54) is 38.6 Å². The summed E-state index contributed by atoms with van der Waals surface area (Å²) in [6.07, 6.45) is 7.00. The van der Waals surface area contributed by atoms with Crippen molar-refractivity contribution < 1.29 is 0 Å². The molecule has 2 nitrogen and oxygen atoms in total. The summed E-state index contributed by atoms with van der Waals surface area (Å²) in [6, 6.07) is 2.32. The zero-order chi connectivity index (χ0) is 10.8. The highest BCUT2D eigenvalue weighted by Crippen LogP contribution is 2.25. The van der Waals surface area contributed by atoms with E-state index >= 15 is 0 Å². The zero-order valence-corrected chi connectivity index (χ0v) is 10.5. The van der Waals surface area contributed by atoms with Crippen molar-refractivity contribution in [1.29, 1.82) is 0 Å². The maximum Gasteiger partial charge on any atom is 0.0212 e. The van der Waals surface area contributed by atoms with E-state index in [4.69, 9.17) is 0 Å². The Morgan fingerprint density at radius 1 is 1.07 bits per heavy atom. The van der Waals surface area contributed by atoms with Crippen LogP contribution in [-0.4, -0.2) is 36.6 Å². The quantitative estimate of drug-likeness (QED) is 0.752. The second kappa shape index (κ2) is 4.84. The van der Waals surface area contributed by atoms with Crippen molar-refractivity contribution in [1.82, 2.24) is 10.2 Å². The normalized spacial score (nSPS) is 43.4. The molecule has 2 fully saturated rings. The van der Waals surface area contributed by atoms with Crippen LogP contribution in [0.15, 0.2) is 0 Å². The standard InChI is InChI=1S/C13H26N2/c1-10-5-4-6-12(7-10)14-13-8-11(2)15(3)9-13/h10-14H,4-9H2,1-3H3. The van der Waals surface area contributed by atoms with Gasteiger partial charge in [-0.2, -0.15) is 0 Å². The van der Waals surface area contributed by atoms with E-state index in [-0.39, 0.29) is 0 Å². The van der Waals surface area contributed by atoms with Crippen molar-refractivity contribution in [2.24, 2.45) is 5.92 Å². The third kappa shape index (κ3) is 2.94. The minimum atomic E-state index is 0.750. The first kappa shape index (κ1) is 11.4. The minimum Gasteiger partial charge on any atom is -0.310 e. The number of nitrogens with zero attached hydrogens (tertiary/aromatic N) is 1. The molecule has 4 unspecified atom stereocenters. The molecule has 1 N–H and O–H groups in total. The minimum absolute atomic E-state index is 0.750. The maximum absolute atomic E-state index is 3.87. The Balaban J connectivity index is 1.77. The first-order valence-corrected chi connectivity index (χ1v) is 6.61. The van der Waals surface area contributed by atoms with E-state index in [9.17, 15) is 0 Å². The first-order valence-electron chi connectivity index (χ1n) is 6.61. The molecule has 0 aromatic heterocycles. The van der Waals surface area contributed by atoms with E-state index < -0.39 is 0 Å². The molecule has 88 valence electrons. The van der Waals surface area contributed by atoms with Gasteiger partial charge in [-0.25, -0.2) is 0 Å². The molecular weight excluding hydrogens is 184 g/mol. The number of hydrogen-bond donors (Lipinski definition) is 1. The summed E-state index contributed by atoms with van der Waals surface area (Å²) < 4.78 is 0. The fourth-order valence-corrected chi connectivity index (χ4v) is 3.23. The van der Waals surface area contributed by atoms with Crippen LogP contribution in [0.1, 0.15) is 46.0 Å². The summed E-state index contributed by atoms with van der Waals surface area (Å²) in [4.78, 5) is 2.48. The largest absolute Gasteiger partial charge is 0.310 e. The summed E-state index contributed by atoms with van der Waals surface area (Å²) in [7, 11) is 2.25. The van der Waals surface area contributed by atoms with E-state index in [1.807, 2.05) is 0 Å². The average molecular weight is 210 g/mol. The van der Waals surface area contributed by atoms with Gasteiger partial charge in [0.15, 0.2) is 0 Å².